The molecule has 0 spiro atoms. The highest BCUT2D eigenvalue weighted by molar-refractivity contribution is 5.47. The summed E-state index contributed by atoms with van der Waals surface area (Å²) < 4.78 is 18.7. The first-order chi connectivity index (χ1) is 6.62. The second kappa shape index (κ2) is 3.15. The number of anilines is 1. The molecule has 1 N–H and O–H groups in total. The van der Waals surface area contributed by atoms with Crippen LogP contribution < -0.4 is 10.1 Å². The van der Waals surface area contributed by atoms with Gasteiger partial charge in [-0.25, -0.2) is 4.39 Å². The first kappa shape index (κ1) is 9.31. The van der Waals surface area contributed by atoms with E-state index in [4.69, 9.17) is 4.74 Å². The number of hydrogen-bond acceptors (Lipinski definition) is 2. The highest BCUT2D eigenvalue weighted by Crippen LogP contribution is 2.42. The van der Waals surface area contributed by atoms with E-state index in [2.05, 4.69) is 5.32 Å². The van der Waals surface area contributed by atoms with E-state index in [0.717, 1.165) is 11.4 Å². The van der Waals surface area contributed by atoms with Crippen LogP contribution in [0.4, 0.5) is 10.1 Å². The third kappa shape index (κ3) is 1.81. The molecule has 0 bridgehead atoms. The third-order valence-electron chi connectivity index (χ3n) is 2.50. The van der Waals surface area contributed by atoms with Crippen LogP contribution in [-0.2, 0) is 0 Å². The molecule has 0 heterocycles. The van der Waals surface area contributed by atoms with E-state index in [1.165, 1.54) is 0 Å². The zero-order valence-electron chi connectivity index (χ0n) is 8.38. The molecule has 0 aliphatic heterocycles. The molecule has 1 aromatic carbocycles. The molecule has 14 heavy (non-hydrogen) atoms. The summed E-state index contributed by atoms with van der Waals surface area (Å²) in [6.07, 6.45) is 0.228. The second-order valence-corrected chi connectivity index (χ2v) is 3.87. The molecule has 0 radical (unpaired) electrons. The molecular formula is C11H14FNO. The normalized spacial score (nSPS) is 29.8. The number of ether oxygens (including phenoxy) is 1. The maximum atomic E-state index is 13.2. The Morgan fingerprint density at radius 2 is 2.29 bits per heavy atom. The van der Waals surface area contributed by atoms with Crippen LogP contribution in [0.2, 0.25) is 0 Å². The summed E-state index contributed by atoms with van der Waals surface area (Å²) in [6.45, 7) is 1.57. The molecule has 0 aromatic heterocycles. The average Bonchev–Trinajstić information content (AvgIpc) is 2.74. The highest BCUT2D eigenvalue weighted by Gasteiger charge is 2.53. The molecule has 1 saturated carbocycles. The molecule has 2 nitrogen and oxygen atoms in total. The van der Waals surface area contributed by atoms with Crippen molar-refractivity contribution in [2.75, 3.05) is 12.4 Å². The summed E-state index contributed by atoms with van der Waals surface area (Å²) in [5, 5.41) is 3.01. The maximum absolute atomic E-state index is 13.2. The minimum Gasteiger partial charge on any atom is -0.487 e. The van der Waals surface area contributed by atoms with Crippen LogP contribution in [0.5, 0.6) is 5.75 Å². The van der Waals surface area contributed by atoms with Crippen LogP contribution in [0.15, 0.2) is 24.3 Å². The van der Waals surface area contributed by atoms with Crippen molar-refractivity contribution in [3.05, 3.63) is 24.3 Å². The fraction of sp³-hybridized carbons (Fsp3) is 0.455. The van der Waals surface area contributed by atoms with E-state index in [1.807, 2.05) is 31.3 Å². The number of nitrogens with one attached hydrogen (secondary N) is 1. The van der Waals surface area contributed by atoms with Gasteiger partial charge in [-0.05, 0) is 19.1 Å². The molecule has 1 aliphatic carbocycles. The first-order valence-corrected chi connectivity index (χ1v) is 4.75. The molecule has 76 valence electrons. The molecule has 2 rings (SSSR count). The number of hydrogen-bond donors (Lipinski definition) is 1. The largest absolute Gasteiger partial charge is 0.487 e. The molecule has 2 atom stereocenters. The highest BCUT2D eigenvalue weighted by atomic mass is 19.1. The Morgan fingerprint density at radius 1 is 1.57 bits per heavy atom. The van der Waals surface area contributed by atoms with E-state index < -0.39 is 5.67 Å². The fourth-order valence-corrected chi connectivity index (χ4v) is 1.36. The average molecular weight is 195 g/mol. The van der Waals surface area contributed by atoms with Crippen LogP contribution >= 0.6 is 0 Å². The lowest BCUT2D eigenvalue weighted by Gasteiger charge is -2.07. The number of rotatable bonds is 3. The van der Waals surface area contributed by atoms with Gasteiger partial charge < -0.3 is 10.1 Å². The Morgan fingerprint density at radius 3 is 2.86 bits per heavy atom. The maximum Gasteiger partial charge on any atom is 0.148 e. The van der Waals surface area contributed by atoms with Crippen molar-refractivity contribution in [3.63, 3.8) is 0 Å². The SMILES string of the molecule is CNc1cccc(OC2CC2(C)F)c1. The van der Waals surface area contributed by atoms with Crippen molar-refractivity contribution in [3.8, 4) is 5.75 Å². The summed E-state index contributed by atoms with van der Waals surface area (Å²) in [5.41, 5.74) is -0.154. The summed E-state index contributed by atoms with van der Waals surface area (Å²) in [6, 6.07) is 7.54. The van der Waals surface area contributed by atoms with Crippen molar-refractivity contribution in [2.45, 2.75) is 25.1 Å². The summed E-state index contributed by atoms with van der Waals surface area (Å²) in [4.78, 5) is 0. The zero-order chi connectivity index (χ0) is 10.2. The predicted octanol–water partition coefficient (Wildman–Crippen LogP) is 2.61. The lowest BCUT2D eigenvalue weighted by molar-refractivity contribution is 0.206. The molecule has 1 aliphatic rings. The molecule has 1 aromatic rings. The van der Waals surface area contributed by atoms with Gasteiger partial charge in [0.15, 0.2) is 0 Å². The lowest BCUT2D eigenvalue weighted by Crippen LogP contribution is -2.08. The number of halogens is 1. The Hall–Kier alpha value is -1.25. The Labute approximate surface area is 83.1 Å². The van der Waals surface area contributed by atoms with Gasteiger partial charge in [0.1, 0.15) is 17.5 Å². The van der Waals surface area contributed by atoms with E-state index in [9.17, 15) is 4.39 Å². The van der Waals surface area contributed by atoms with Gasteiger partial charge in [0, 0.05) is 25.2 Å². The van der Waals surface area contributed by atoms with Crippen molar-refractivity contribution in [1.29, 1.82) is 0 Å². The molecule has 3 heteroatoms. The third-order valence-corrected chi connectivity index (χ3v) is 2.50. The monoisotopic (exact) mass is 195 g/mol. The molecule has 1 fully saturated rings. The summed E-state index contributed by atoms with van der Waals surface area (Å²) in [7, 11) is 1.84. The second-order valence-electron chi connectivity index (χ2n) is 3.87. The Balaban J connectivity index is 2.03. The van der Waals surface area contributed by atoms with Gasteiger partial charge in [-0.15, -0.1) is 0 Å². The Kier molecular flexibility index (Phi) is 2.10. The summed E-state index contributed by atoms with van der Waals surface area (Å²) >= 11 is 0. The Bertz CT molecular complexity index is 338. The van der Waals surface area contributed by atoms with Gasteiger partial charge in [-0.1, -0.05) is 6.07 Å². The van der Waals surface area contributed by atoms with E-state index in [-0.39, 0.29) is 6.10 Å². The van der Waals surface area contributed by atoms with Crippen molar-refractivity contribution >= 4 is 5.69 Å². The first-order valence-electron chi connectivity index (χ1n) is 4.75. The topological polar surface area (TPSA) is 21.3 Å². The van der Waals surface area contributed by atoms with Crippen LogP contribution in [0.25, 0.3) is 0 Å². The van der Waals surface area contributed by atoms with E-state index in [1.54, 1.807) is 6.92 Å². The van der Waals surface area contributed by atoms with Crippen LogP contribution in [-0.4, -0.2) is 18.8 Å². The predicted molar refractivity (Wildman–Crippen MR) is 54.5 cm³/mol. The van der Waals surface area contributed by atoms with Crippen LogP contribution in [0.3, 0.4) is 0 Å². The standard InChI is InChI=1S/C11H14FNO/c1-11(12)7-10(11)14-9-5-3-4-8(6-9)13-2/h3-6,10,13H,7H2,1-2H3. The minimum atomic E-state index is -1.13. The smallest absolute Gasteiger partial charge is 0.148 e. The number of alkyl halides is 1. The van der Waals surface area contributed by atoms with Gasteiger partial charge in [0.05, 0.1) is 0 Å². The fourth-order valence-electron chi connectivity index (χ4n) is 1.36. The van der Waals surface area contributed by atoms with Gasteiger partial charge >= 0.3 is 0 Å². The van der Waals surface area contributed by atoms with Gasteiger partial charge in [-0.3, -0.25) is 0 Å². The van der Waals surface area contributed by atoms with Crippen molar-refractivity contribution in [2.24, 2.45) is 0 Å². The quantitative estimate of drug-likeness (QED) is 0.800. The molecule has 2 unspecified atom stereocenters. The number of benzene rings is 1. The van der Waals surface area contributed by atoms with E-state index in [0.29, 0.717) is 6.42 Å². The van der Waals surface area contributed by atoms with Crippen molar-refractivity contribution in [1.82, 2.24) is 0 Å². The molecule has 0 amide bonds. The van der Waals surface area contributed by atoms with Gasteiger partial charge in [0.2, 0.25) is 0 Å². The van der Waals surface area contributed by atoms with Gasteiger partial charge in [0.25, 0.3) is 0 Å². The molecule has 0 saturated heterocycles. The van der Waals surface area contributed by atoms with E-state index >= 15 is 0 Å². The van der Waals surface area contributed by atoms with Gasteiger partial charge in [-0.2, -0.15) is 0 Å². The van der Waals surface area contributed by atoms with Crippen molar-refractivity contribution < 1.29 is 9.13 Å². The van der Waals surface area contributed by atoms with Crippen LogP contribution in [0.1, 0.15) is 13.3 Å². The molecular weight excluding hydrogens is 181 g/mol. The van der Waals surface area contributed by atoms with Crippen LogP contribution in [0, 0.1) is 0 Å². The minimum absolute atomic E-state index is 0.269. The summed E-state index contributed by atoms with van der Waals surface area (Å²) in [5.74, 6) is 0.725. The zero-order valence-corrected chi connectivity index (χ0v) is 8.38. The lowest BCUT2D eigenvalue weighted by atomic mass is 10.3.